The lowest BCUT2D eigenvalue weighted by Gasteiger charge is -2.30. The van der Waals surface area contributed by atoms with Gasteiger partial charge in [-0.15, -0.1) is 0 Å². The van der Waals surface area contributed by atoms with Crippen LogP contribution < -0.4 is 0 Å². The zero-order chi connectivity index (χ0) is 15.8. The van der Waals surface area contributed by atoms with Crippen LogP contribution in [0.5, 0.6) is 0 Å². The van der Waals surface area contributed by atoms with Crippen molar-refractivity contribution in [2.24, 2.45) is 0 Å². The van der Waals surface area contributed by atoms with Crippen molar-refractivity contribution in [2.75, 3.05) is 0 Å². The van der Waals surface area contributed by atoms with E-state index in [9.17, 15) is 14.7 Å². The monoisotopic (exact) mass is 290 g/mol. The molecule has 0 spiro atoms. The standard InChI is InChI=1S/C16H18O5/c1-9-6-5-7-11(10(9)2)8-12(17)13-14(18)20-16(3,4)21-15(13)19/h5-7,17H,8H2,1-4H3. The Balaban J connectivity index is 2.34. The lowest BCUT2D eigenvalue weighted by Crippen LogP contribution is -2.42. The molecule has 0 amide bonds. The molecule has 1 heterocycles. The Kier molecular flexibility index (Phi) is 3.77. The Morgan fingerprint density at radius 2 is 1.71 bits per heavy atom. The molecule has 21 heavy (non-hydrogen) atoms. The summed E-state index contributed by atoms with van der Waals surface area (Å²) in [6.07, 6.45) is 0.0769. The van der Waals surface area contributed by atoms with Crippen LogP contribution in [0, 0.1) is 13.8 Å². The van der Waals surface area contributed by atoms with Crippen LogP contribution in [0.25, 0.3) is 0 Å². The van der Waals surface area contributed by atoms with Crippen molar-refractivity contribution in [3.63, 3.8) is 0 Å². The SMILES string of the molecule is Cc1cccc(CC(O)=C2C(=O)OC(C)(C)OC2=O)c1C. The van der Waals surface area contributed by atoms with Crippen LogP contribution in [0.4, 0.5) is 0 Å². The zero-order valence-electron chi connectivity index (χ0n) is 12.5. The smallest absolute Gasteiger partial charge is 0.352 e. The third kappa shape index (κ3) is 3.07. The average Bonchev–Trinajstić information content (AvgIpc) is 2.32. The van der Waals surface area contributed by atoms with Gasteiger partial charge in [0.15, 0.2) is 5.57 Å². The maximum absolute atomic E-state index is 11.9. The summed E-state index contributed by atoms with van der Waals surface area (Å²) in [6.45, 7) is 6.79. The number of cyclic esters (lactones) is 2. The van der Waals surface area contributed by atoms with Gasteiger partial charge < -0.3 is 14.6 Å². The Labute approximate surface area is 123 Å². The van der Waals surface area contributed by atoms with Crippen molar-refractivity contribution < 1.29 is 24.2 Å². The van der Waals surface area contributed by atoms with Gasteiger partial charge in [0.05, 0.1) is 0 Å². The third-order valence-corrected chi connectivity index (χ3v) is 3.45. The number of hydrogen-bond acceptors (Lipinski definition) is 5. The van der Waals surface area contributed by atoms with Gasteiger partial charge in [-0.3, -0.25) is 0 Å². The van der Waals surface area contributed by atoms with Crippen molar-refractivity contribution in [1.29, 1.82) is 0 Å². The maximum atomic E-state index is 11.9. The number of aryl methyl sites for hydroxylation is 1. The van der Waals surface area contributed by atoms with Gasteiger partial charge in [0.2, 0.25) is 0 Å². The average molecular weight is 290 g/mol. The van der Waals surface area contributed by atoms with Gasteiger partial charge in [-0.25, -0.2) is 9.59 Å². The van der Waals surface area contributed by atoms with Crippen LogP contribution in [-0.2, 0) is 25.5 Å². The molecule has 5 heteroatoms. The van der Waals surface area contributed by atoms with Crippen LogP contribution in [0.3, 0.4) is 0 Å². The predicted octanol–water partition coefficient (Wildman–Crippen LogP) is 2.49. The molecule has 0 unspecified atom stereocenters. The van der Waals surface area contributed by atoms with Crippen LogP contribution in [-0.4, -0.2) is 22.8 Å². The summed E-state index contributed by atoms with van der Waals surface area (Å²) in [5.41, 5.74) is 2.48. The number of ether oxygens (including phenoxy) is 2. The zero-order valence-corrected chi connectivity index (χ0v) is 12.5. The number of carbonyl (C=O) groups excluding carboxylic acids is 2. The highest BCUT2D eigenvalue weighted by atomic mass is 16.7. The van der Waals surface area contributed by atoms with Gasteiger partial charge in [-0.05, 0) is 30.5 Å². The van der Waals surface area contributed by atoms with E-state index in [4.69, 9.17) is 9.47 Å². The third-order valence-electron chi connectivity index (χ3n) is 3.45. The maximum Gasteiger partial charge on any atom is 0.352 e. The van der Waals surface area contributed by atoms with Crippen LogP contribution in [0.15, 0.2) is 29.5 Å². The van der Waals surface area contributed by atoms with Crippen molar-refractivity contribution in [1.82, 2.24) is 0 Å². The van der Waals surface area contributed by atoms with E-state index in [0.29, 0.717) is 0 Å². The Morgan fingerprint density at radius 3 is 2.29 bits per heavy atom. The fourth-order valence-corrected chi connectivity index (χ4v) is 2.16. The molecule has 0 saturated carbocycles. The fourth-order valence-electron chi connectivity index (χ4n) is 2.16. The molecule has 1 aromatic carbocycles. The van der Waals surface area contributed by atoms with E-state index in [1.807, 2.05) is 32.0 Å². The van der Waals surface area contributed by atoms with Gasteiger partial charge in [-0.1, -0.05) is 18.2 Å². The first-order valence-corrected chi connectivity index (χ1v) is 6.65. The fraction of sp³-hybridized carbons (Fsp3) is 0.375. The summed E-state index contributed by atoms with van der Waals surface area (Å²) >= 11 is 0. The second-order valence-electron chi connectivity index (χ2n) is 5.54. The minimum Gasteiger partial charge on any atom is -0.511 e. The first-order valence-electron chi connectivity index (χ1n) is 6.65. The van der Waals surface area contributed by atoms with E-state index in [2.05, 4.69) is 0 Å². The number of allylic oxidation sites excluding steroid dienone is 1. The molecule has 112 valence electrons. The number of carbonyl (C=O) groups is 2. The second kappa shape index (κ2) is 5.24. The number of hydrogen-bond donors (Lipinski definition) is 1. The molecule has 0 atom stereocenters. The topological polar surface area (TPSA) is 72.8 Å². The molecular weight excluding hydrogens is 272 g/mol. The Morgan fingerprint density at radius 1 is 1.14 bits per heavy atom. The second-order valence-corrected chi connectivity index (χ2v) is 5.54. The summed E-state index contributed by atoms with van der Waals surface area (Å²) in [5.74, 6) is -3.37. The first kappa shape index (κ1) is 15.1. The molecule has 1 N–H and O–H groups in total. The minimum atomic E-state index is -1.31. The minimum absolute atomic E-state index is 0.0769. The lowest BCUT2D eigenvalue weighted by molar-refractivity contribution is -0.222. The van der Waals surface area contributed by atoms with E-state index >= 15 is 0 Å². The van der Waals surface area contributed by atoms with Crippen molar-refractivity contribution >= 4 is 11.9 Å². The lowest BCUT2D eigenvalue weighted by atomic mass is 9.98. The summed E-state index contributed by atoms with van der Waals surface area (Å²) < 4.78 is 9.94. The van der Waals surface area contributed by atoms with Gasteiger partial charge in [0.25, 0.3) is 5.79 Å². The number of esters is 2. The van der Waals surface area contributed by atoms with Crippen molar-refractivity contribution in [3.05, 3.63) is 46.2 Å². The summed E-state index contributed by atoms with van der Waals surface area (Å²) in [6, 6.07) is 5.65. The Bertz CT molecular complexity index is 618. The van der Waals surface area contributed by atoms with Gasteiger partial charge >= 0.3 is 11.9 Å². The molecule has 1 aliphatic rings. The summed E-state index contributed by atoms with van der Waals surface area (Å²) in [5, 5.41) is 10.1. The van der Waals surface area contributed by atoms with Crippen LogP contribution in [0.2, 0.25) is 0 Å². The Hall–Kier alpha value is -2.30. The largest absolute Gasteiger partial charge is 0.511 e. The van der Waals surface area contributed by atoms with E-state index in [1.165, 1.54) is 13.8 Å². The van der Waals surface area contributed by atoms with Gasteiger partial charge in [0, 0.05) is 20.3 Å². The highest BCUT2D eigenvalue weighted by Gasteiger charge is 2.41. The van der Waals surface area contributed by atoms with Crippen molar-refractivity contribution in [3.8, 4) is 0 Å². The number of benzene rings is 1. The molecule has 0 aromatic heterocycles. The molecule has 1 aromatic rings. The highest BCUT2D eigenvalue weighted by Crippen LogP contribution is 2.26. The van der Waals surface area contributed by atoms with Crippen LogP contribution in [0.1, 0.15) is 30.5 Å². The molecule has 5 nitrogen and oxygen atoms in total. The number of rotatable bonds is 2. The number of aliphatic hydroxyl groups is 1. The first-order chi connectivity index (χ1) is 9.71. The summed E-state index contributed by atoms with van der Waals surface area (Å²) in [4.78, 5) is 23.7. The van der Waals surface area contributed by atoms with Gasteiger partial charge in [0.1, 0.15) is 5.76 Å². The van der Waals surface area contributed by atoms with E-state index < -0.39 is 23.3 Å². The van der Waals surface area contributed by atoms with E-state index in [-0.39, 0.29) is 12.2 Å². The molecule has 1 saturated heterocycles. The molecule has 0 radical (unpaired) electrons. The van der Waals surface area contributed by atoms with Crippen molar-refractivity contribution in [2.45, 2.75) is 39.9 Å². The molecule has 1 aliphatic heterocycles. The molecular formula is C16H18O5. The quantitative estimate of drug-likeness (QED) is 0.392. The molecule has 0 aliphatic carbocycles. The predicted molar refractivity (Wildman–Crippen MR) is 75.5 cm³/mol. The van der Waals surface area contributed by atoms with Gasteiger partial charge in [-0.2, -0.15) is 0 Å². The summed E-state index contributed by atoms with van der Waals surface area (Å²) in [7, 11) is 0. The highest BCUT2D eigenvalue weighted by molar-refractivity contribution is 6.15. The van der Waals surface area contributed by atoms with E-state index in [0.717, 1.165) is 16.7 Å². The molecule has 0 bridgehead atoms. The number of aliphatic hydroxyl groups excluding tert-OH is 1. The molecule has 1 fully saturated rings. The normalized spacial score (nSPS) is 17.2. The van der Waals surface area contributed by atoms with E-state index in [1.54, 1.807) is 0 Å². The molecule has 2 rings (SSSR count). The van der Waals surface area contributed by atoms with Crippen LogP contribution >= 0.6 is 0 Å².